The molecule has 0 saturated carbocycles. The van der Waals surface area contributed by atoms with E-state index in [1.807, 2.05) is 0 Å². The first-order valence-corrected chi connectivity index (χ1v) is 0.707. The smallest absolute Gasteiger partial charge is 0.358 e. The monoisotopic (exact) mass is 1530 g/mol. The van der Waals surface area contributed by atoms with Crippen LogP contribution < -0.4 is 0 Å². The Morgan fingerprint density at radius 2 is 0.462 bits per heavy atom. The summed E-state index contributed by atoms with van der Waals surface area (Å²) in [5.74, 6) is 0. The second-order valence-corrected chi connectivity index (χ2v) is 0. The molecule has 0 aliphatic rings. The van der Waals surface area contributed by atoms with Crippen molar-refractivity contribution < 1.29 is 187 Å². The van der Waals surface area contributed by atoms with Crippen LogP contribution in [0.1, 0.15) is 6.92 Å². The van der Waals surface area contributed by atoms with Gasteiger partial charge < -0.3 is 44.1 Å². The van der Waals surface area contributed by atoms with E-state index >= 15 is 0 Å². The van der Waals surface area contributed by atoms with Crippen molar-refractivity contribution in [3.63, 3.8) is 0 Å². The molecule has 0 amide bonds. The van der Waals surface area contributed by atoms with Gasteiger partial charge in [0.05, 0.1) is 0 Å². The second kappa shape index (κ2) is 138. The molecule has 0 aromatic carbocycles. The first-order chi connectivity index (χ1) is 1.00. The summed E-state index contributed by atoms with van der Waals surface area (Å²) in [5, 5.41) is 0. The maximum absolute atomic E-state index is 3.25. The molecule has 72 valence electrons. The zero-order chi connectivity index (χ0) is 2.00. The first kappa shape index (κ1) is 121. The molecule has 6 heteroatoms. The predicted octanol–water partition coefficient (Wildman–Crippen LogP) is 3.09. The minimum absolute atomic E-state index is 0. The third-order valence-corrected chi connectivity index (χ3v) is 0. The largest absolute Gasteiger partial charge is 3.00 e. The molecule has 0 rings (SSSR count). The molecule has 0 fully saturated rings. The van der Waals surface area contributed by atoms with Gasteiger partial charge in [-0.1, -0.05) is 0 Å². The third-order valence-electron chi connectivity index (χ3n) is 0. The zero-order valence-corrected chi connectivity index (χ0v) is 34.7. The molecule has 0 unspecified atom stereocenters. The van der Waals surface area contributed by atoms with Gasteiger partial charge in [-0.15, -0.1) is 0 Å². The Balaban J connectivity index is -0.0000000000909. The number of hydrogen-bond donors (Lipinski definition) is 0. The van der Waals surface area contributed by atoms with E-state index < -0.39 is 0 Å². The van der Waals surface area contributed by atoms with Crippen LogP contribution in [0.3, 0.4) is 0 Å². The van der Waals surface area contributed by atoms with Gasteiger partial charge in [-0.2, -0.15) is 6.92 Å². The molecule has 0 N–H and O–H groups in total. The Hall–Kier alpha value is 6.31. The Morgan fingerprint density at radius 3 is 0.462 bits per heavy atom. The number of hydrogen-bond acceptors (Lipinski definition) is 0. The standard InChI is InChI=1S/C2H5.5CH3.6U/c1-2;;;;;;;;;;;/h1H2,2H3;5*1H3;;;;;;/q6*-1;;;;;2*+3. The maximum atomic E-state index is 3.25. The van der Waals surface area contributed by atoms with E-state index in [4.69, 9.17) is 0 Å². The van der Waals surface area contributed by atoms with Crippen molar-refractivity contribution in [3.8, 4) is 0 Å². The first-order valence-electron chi connectivity index (χ1n) is 0.707. The molecule has 0 nitrogen and oxygen atoms in total. The summed E-state index contributed by atoms with van der Waals surface area (Å²) in [7, 11) is 0. The van der Waals surface area contributed by atoms with Crippen LogP contribution in [0.5, 0.6) is 0 Å². The van der Waals surface area contributed by atoms with Crippen molar-refractivity contribution in [2.75, 3.05) is 0 Å². The van der Waals surface area contributed by atoms with Crippen LogP contribution in [0.25, 0.3) is 0 Å². The fourth-order valence-corrected chi connectivity index (χ4v) is 0. The SMILES string of the molecule is [CH2-]C.[CH3-].[CH3-].[CH3-].[CH3-].[CH3-].[U+3].[U+3].[U].[U].[U].[U]. The summed E-state index contributed by atoms with van der Waals surface area (Å²) in [6.45, 7) is 5.00. The molecule has 0 aromatic rings. The van der Waals surface area contributed by atoms with Gasteiger partial charge in [0, 0.05) is 124 Å². The van der Waals surface area contributed by atoms with Gasteiger partial charge in [0.25, 0.3) is 0 Å². The van der Waals surface area contributed by atoms with Crippen molar-refractivity contribution in [1.29, 1.82) is 0 Å². The van der Waals surface area contributed by atoms with Crippen LogP contribution in [0.15, 0.2) is 0 Å². The summed E-state index contributed by atoms with van der Waals surface area (Å²) >= 11 is 0. The molecular weight excluding hydrogens is 1510 g/mol. The molecule has 0 bridgehead atoms. The maximum Gasteiger partial charge on any atom is 3.00 e. The quantitative estimate of drug-likeness (QED) is 0.328. The molecule has 13 heavy (non-hydrogen) atoms. The molecule has 0 aromatic heterocycles. The molecule has 0 spiro atoms. The van der Waals surface area contributed by atoms with Crippen LogP contribution in [0, 0.1) is 231 Å². The molecule has 0 heterocycles. The predicted molar refractivity (Wildman–Crippen MR) is 43.1 cm³/mol. The molecule has 0 atom stereocenters. The van der Waals surface area contributed by atoms with Gasteiger partial charge in [0.15, 0.2) is 0 Å². The van der Waals surface area contributed by atoms with Crippen LogP contribution in [0.4, 0.5) is 0 Å². The van der Waals surface area contributed by atoms with E-state index in [1.54, 1.807) is 6.92 Å². The van der Waals surface area contributed by atoms with E-state index in [0.29, 0.717) is 0 Å². The van der Waals surface area contributed by atoms with Crippen molar-refractivity contribution in [1.82, 2.24) is 0 Å². The van der Waals surface area contributed by atoms with E-state index in [2.05, 4.69) is 6.92 Å². The fourth-order valence-electron chi connectivity index (χ4n) is 0. The van der Waals surface area contributed by atoms with Crippen LogP contribution in [-0.4, -0.2) is 0 Å². The van der Waals surface area contributed by atoms with Crippen LogP contribution >= 0.6 is 0 Å². The average Bonchev–Trinajstić information content (AvgIpc) is 1.00. The third kappa shape index (κ3) is 122. The Morgan fingerprint density at radius 1 is 0.462 bits per heavy atom. The number of rotatable bonds is 0. The van der Waals surface area contributed by atoms with E-state index in [1.165, 1.54) is 0 Å². The summed E-state index contributed by atoms with van der Waals surface area (Å²) in [6.07, 6.45) is 0. The Kier molecular flexibility index (Phi) is 1280. The van der Waals surface area contributed by atoms with Crippen LogP contribution in [0.2, 0.25) is 0 Å². The summed E-state index contributed by atoms with van der Waals surface area (Å²) < 4.78 is 0. The van der Waals surface area contributed by atoms with Gasteiger partial charge in [0.1, 0.15) is 0 Å². The summed E-state index contributed by atoms with van der Waals surface area (Å²) in [5.41, 5.74) is 0. The van der Waals surface area contributed by atoms with Gasteiger partial charge >= 0.3 is 62.2 Å². The van der Waals surface area contributed by atoms with E-state index in [0.717, 1.165) is 0 Å². The minimum Gasteiger partial charge on any atom is -0.358 e. The normalized spacial score (nSPS) is 0.462. The van der Waals surface area contributed by atoms with Crippen molar-refractivity contribution >= 4 is 0 Å². The van der Waals surface area contributed by atoms with Gasteiger partial charge in [-0.05, 0) is 0 Å². The van der Waals surface area contributed by atoms with Gasteiger partial charge in [-0.25, -0.2) is 0 Å². The average molecular weight is 1530 g/mol. The second-order valence-electron chi connectivity index (χ2n) is 0. The molecule has 0 aliphatic heterocycles. The van der Waals surface area contributed by atoms with Crippen LogP contribution in [-0.2, 0) is 0 Å². The fraction of sp³-hybridized carbons (Fsp3) is 0.143. The van der Waals surface area contributed by atoms with Crippen molar-refractivity contribution in [2.24, 2.45) is 0 Å². The minimum atomic E-state index is 0. The van der Waals surface area contributed by atoms with E-state index in [9.17, 15) is 0 Å². The topological polar surface area (TPSA) is 0 Å². The molecule has 0 aliphatic carbocycles. The van der Waals surface area contributed by atoms with E-state index in [-0.39, 0.29) is 224 Å². The Bertz CT molecular complexity index is 12.9. The molecule has 0 saturated heterocycles. The molecule has 2 radical (unpaired) electrons. The molecular formula is C7H20U6. The zero-order valence-electron chi connectivity index (χ0n) is 9.71. The van der Waals surface area contributed by atoms with Gasteiger partial charge in [0.2, 0.25) is 0 Å². The van der Waals surface area contributed by atoms with Crippen molar-refractivity contribution in [2.45, 2.75) is 6.92 Å². The van der Waals surface area contributed by atoms with Crippen molar-refractivity contribution in [3.05, 3.63) is 44.1 Å². The van der Waals surface area contributed by atoms with Gasteiger partial charge in [-0.3, -0.25) is 0 Å². The summed E-state index contributed by atoms with van der Waals surface area (Å²) in [4.78, 5) is 0. The summed E-state index contributed by atoms with van der Waals surface area (Å²) in [6, 6.07) is 0. The Labute approximate surface area is 231 Å².